The molecule has 1 aliphatic rings. The molecule has 5 nitrogen and oxygen atoms in total. The molecular formula is C10H14IN3O2S. The smallest absolute Gasteiger partial charge is 0.157 e. The van der Waals surface area contributed by atoms with Crippen molar-refractivity contribution in [2.45, 2.75) is 30.9 Å². The van der Waals surface area contributed by atoms with Crippen molar-refractivity contribution in [3.05, 3.63) is 15.1 Å². The summed E-state index contributed by atoms with van der Waals surface area (Å²) in [5.41, 5.74) is 6.72. The summed E-state index contributed by atoms with van der Waals surface area (Å²) in [5.74, 6) is 1.12. The first-order chi connectivity index (χ1) is 7.80. The predicted octanol–water partition coefficient (Wildman–Crippen LogP) is 1.65. The number of rotatable bonds is 3. The molecule has 17 heavy (non-hydrogen) atoms. The van der Waals surface area contributed by atoms with Crippen molar-refractivity contribution in [1.82, 2.24) is 9.97 Å². The molecule has 1 aliphatic carbocycles. The van der Waals surface area contributed by atoms with E-state index >= 15 is 0 Å². The van der Waals surface area contributed by atoms with Crippen LogP contribution in [0.2, 0.25) is 0 Å². The Kier molecular flexibility index (Phi) is 3.32. The van der Waals surface area contributed by atoms with Crippen LogP contribution >= 0.6 is 22.6 Å². The molecule has 0 aromatic carbocycles. The number of hydrogen-bond acceptors (Lipinski definition) is 5. The van der Waals surface area contributed by atoms with Gasteiger partial charge in [-0.1, -0.05) is 0 Å². The molecule has 1 heterocycles. The van der Waals surface area contributed by atoms with E-state index in [2.05, 4.69) is 32.6 Å². The first-order valence-electron chi connectivity index (χ1n) is 5.32. The molecule has 94 valence electrons. The third-order valence-electron chi connectivity index (χ3n) is 2.89. The van der Waals surface area contributed by atoms with Gasteiger partial charge in [0.05, 0.1) is 9.26 Å². The van der Waals surface area contributed by atoms with E-state index in [0.717, 1.165) is 22.1 Å². The summed E-state index contributed by atoms with van der Waals surface area (Å²) in [7, 11) is -3.19. The molecule has 1 aromatic heterocycles. The van der Waals surface area contributed by atoms with Gasteiger partial charge < -0.3 is 5.73 Å². The Hall–Kier alpha value is -0.440. The summed E-state index contributed by atoms with van der Waals surface area (Å²) in [6.07, 6.45) is 3.38. The lowest BCUT2D eigenvalue weighted by molar-refractivity contribution is 0.588. The van der Waals surface area contributed by atoms with E-state index in [9.17, 15) is 8.42 Å². The van der Waals surface area contributed by atoms with Gasteiger partial charge in [-0.25, -0.2) is 18.4 Å². The van der Waals surface area contributed by atoms with Crippen LogP contribution < -0.4 is 5.73 Å². The minimum Gasteiger partial charge on any atom is -0.383 e. The van der Waals surface area contributed by atoms with Gasteiger partial charge in [0.2, 0.25) is 0 Å². The predicted molar refractivity (Wildman–Crippen MR) is 74.4 cm³/mol. The molecule has 1 atom stereocenters. The quantitative estimate of drug-likeness (QED) is 0.821. The lowest BCUT2D eigenvalue weighted by atomic mass is 10.2. The Labute approximate surface area is 114 Å². The third-order valence-corrected chi connectivity index (χ3v) is 5.49. The standard InChI is InChI=1S/C10H14IN3O2S/c1-5(17(2,15)16)10-13-8(6-3-4-6)7(11)9(12)14-10/h5-6H,3-4H2,1-2H3,(H2,12,13,14). The number of aromatic nitrogens is 2. The van der Waals surface area contributed by atoms with Crippen LogP contribution in [0.25, 0.3) is 0 Å². The maximum absolute atomic E-state index is 11.5. The van der Waals surface area contributed by atoms with Gasteiger partial charge in [0.1, 0.15) is 16.9 Å². The minimum atomic E-state index is -3.19. The number of nitrogens with zero attached hydrogens (tertiary/aromatic N) is 2. The Bertz CT molecular complexity index is 555. The molecule has 0 saturated heterocycles. The highest BCUT2D eigenvalue weighted by atomic mass is 127. The molecule has 1 unspecified atom stereocenters. The van der Waals surface area contributed by atoms with Crippen molar-refractivity contribution < 1.29 is 8.42 Å². The van der Waals surface area contributed by atoms with Gasteiger partial charge in [-0.05, 0) is 42.4 Å². The van der Waals surface area contributed by atoms with Crippen molar-refractivity contribution in [1.29, 1.82) is 0 Å². The lowest BCUT2D eigenvalue weighted by Gasteiger charge is -2.12. The van der Waals surface area contributed by atoms with E-state index in [-0.39, 0.29) is 0 Å². The van der Waals surface area contributed by atoms with Crippen LogP contribution in [0.15, 0.2) is 0 Å². The van der Waals surface area contributed by atoms with E-state index in [1.54, 1.807) is 6.92 Å². The van der Waals surface area contributed by atoms with Gasteiger partial charge in [-0.2, -0.15) is 0 Å². The average molecular weight is 367 g/mol. The van der Waals surface area contributed by atoms with Crippen molar-refractivity contribution >= 4 is 38.2 Å². The maximum Gasteiger partial charge on any atom is 0.157 e. The van der Waals surface area contributed by atoms with Crippen molar-refractivity contribution in [3.8, 4) is 0 Å². The van der Waals surface area contributed by atoms with Crippen LogP contribution in [0.3, 0.4) is 0 Å². The Morgan fingerprint density at radius 2 is 2.00 bits per heavy atom. The largest absolute Gasteiger partial charge is 0.383 e. The van der Waals surface area contributed by atoms with Crippen LogP contribution in [0.5, 0.6) is 0 Å². The van der Waals surface area contributed by atoms with Crippen LogP contribution in [-0.4, -0.2) is 24.6 Å². The van der Waals surface area contributed by atoms with Crippen molar-refractivity contribution in [2.24, 2.45) is 0 Å². The Morgan fingerprint density at radius 3 is 2.47 bits per heavy atom. The second-order valence-corrected chi connectivity index (χ2v) is 7.86. The fourth-order valence-corrected chi connectivity index (χ4v) is 2.67. The van der Waals surface area contributed by atoms with Crippen molar-refractivity contribution in [3.63, 3.8) is 0 Å². The molecule has 0 spiro atoms. The molecule has 2 rings (SSSR count). The summed E-state index contributed by atoms with van der Waals surface area (Å²) in [6.45, 7) is 1.59. The molecule has 2 N–H and O–H groups in total. The number of halogens is 1. The first-order valence-corrected chi connectivity index (χ1v) is 8.35. The number of hydrogen-bond donors (Lipinski definition) is 1. The molecule has 1 fully saturated rings. The van der Waals surface area contributed by atoms with E-state index in [1.807, 2.05) is 0 Å². The average Bonchev–Trinajstić information content (AvgIpc) is 3.03. The number of nitrogens with two attached hydrogens (primary N) is 1. The van der Waals surface area contributed by atoms with Gasteiger partial charge in [0.25, 0.3) is 0 Å². The van der Waals surface area contributed by atoms with E-state index in [4.69, 9.17) is 5.73 Å². The minimum absolute atomic E-state index is 0.312. The molecule has 0 radical (unpaired) electrons. The zero-order valence-electron chi connectivity index (χ0n) is 9.64. The lowest BCUT2D eigenvalue weighted by Crippen LogP contribution is -2.15. The highest BCUT2D eigenvalue weighted by Crippen LogP contribution is 2.42. The molecule has 7 heteroatoms. The first kappa shape index (κ1) is 13.0. The van der Waals surface area contributed by atoms with E-state index in [1.165, 1.54) is 6.26 Å². The summed E-state index contributed by atoms with van der Waals surface area (Å²) in [6, 6.07) is 0. The second-order valence-electron chi connectivity index (χ2n) is 4.41. The molecular weight excluding hydrogens is 353 g/mol. The SMILES string of the molecule is CC(c1nc(N)c(I)c(C2CC2)n1)S(C)(=O)=O. The van der Waals surface area contributed by atoms with Crippen LogP contribution in [0.1, 0.15) is 42.5 Å². The highest BCUT2D eigenvalue weighted by molar-refractivity contribution is 14.1. The molecule has 1 aromatic rings. The summed E-state index contributed by atoms with van der Waals surface area (Å²) in [5, 5.41) is -0.709. The topological polar surface area (TPSA) is 85.9 Å². The summed E-state index contributed by atoms with van der Waals surface area (Å²) < 4.78 is 23.9. The van der Waals surface area contributed by atoms with Gasteiger partial charge in [0.15, 0.2) is 9.84 Å². The van der Waals surface area contributed by atoms with E-state index < -0.39 is 15.1 Å². The van der Waals surface area contributed by atoms with Crippen LogP contribution in [0, 0.1) is 3.57 Å². The highest BCUT2D eigenvalue weighted by Gasteiger charge is 2.31. The summed E-state index contributed by atoms with van der Waals surface area (Å²) in [4.78, 5) is 8.47. The monoisotopic (exact) mass is 367 g/mol. The second kappa shape index (κ2) is 4.34. The van der Waals surface area contributed by atoms with Crippen molar-refractivity contribution in [2.75, 3.05) is 12.0 Å². The van der Waals surface area contributed by atoms with Gasteiger partial charge in [0, 0.05) is 12.2 Å². The molecule has 0 aliphatic heterocycles. The molecule has 1 saturated carbocycles. The number of sulfone groups is 1. The van der Waals surface area contributed by atoms with Gasteiger partial charge in [-0.3, -0.25) is 0 Å². The van der Waals surface area contributed by atoms with Gasteiger partial charge in [-0.15, -0.1) is 0 Å². The summed E-state index contributed by atoms with van der Waals surface area (Å²) >= 11 is 2.12. The zero-order valence-corrected chi connectivity index (χ0v) is 12.6. The van der Waals surface area contributed by atoms with Gasteiger partial charge >= 0.3 is 0 Å². The Balaban J connectivity index is 2.49. The Morgan fingerprint density at radius 1 is 1.41 bits per heavy atom. The fourth-order valence-electron chi connectivity index (χ4n) is 1.50. The van der Waals surface area contributed by atoms with Crippen LogP contribution in [0.4, 0.5) is 5.82 Å². The fraction of sp³-hybridized carbons (Fsp3) is 0.600. The number of nitrogen functional groups attached to an aromatic ring is 1. The molecule has 0 amide bonds. The third kappa shape index (κ3) is 2.70. The normalized spacial score (nSPS) is 18.1. The number of anilines is 1. The maximum atomic E-state index is 11.5. The molecule has 0 bridgehead atoms. The zero-order chi connectivity index (χ0) is 12.8. The van der Waals surface area contributed by atoms with Crippen LogP contribution in [-0.2, 0) is 9.84 Å². The van der Waals surface area contributed by atoms with E-state index in [0.29, 0.717) is 17.6 Å².